The fourth-order valence-electron chi connectivity index (χ4n) is 6.73. The number of hydrogen-bond acceptors (Lipinski definition) is 5. The predicted octanol–water partition coefficient (Wildman–Crippen LogP) is 4.68. The van der Waals surface area contributed by atoms with Gasteiger partial charge in [-0.2, -0.15) is 0 Å². The molecule has 6 heteroatoms. The second-order valence-corrected chi connectivity index (χ2v) is 10.6. The van der Waals surface area contributed by atoms with Crippen LogP contribution in [-0.4, -0.2) is 40.7 Å². The van der Waals surface area contributed by atoms with Crippen molar-refractivity contribution in [3.05, 3.63) is 39.2 Å². The Morgan fingerprint density at radius 3 is 2.85 bits per heavy atom. The summed E-state index contributed by atoms with van der Waals surface area (Å²) in [4.78, 5) is 27.8. The highest BCUT2D eigenvalue weighted by atomic mass is 16.5. The maximum absolute atomic E-state index is 13.4. The minimum atomic E-state index is -0.624. The molecule has 184 valence electrons. The number of aliphatic hydroxyl groups is 1. The molecule has 2 heterocycles. The first-order valence-corrected chi connectivity index (χ1v) is 13.2. The van der Waals surface area contributed by atoms with E-state index in [0.29, 0.717) is 24.3 Å². The maximum Gasteiger partial charge on any atom is 0.339 e. The third-order valence-electron chi connectivity index (χ3n) is 8.58. The number of piperidine rings is 1. The summed E-state index contributed by atoms with van der Waals surface area (Å²) in [7, 11) is 0. The van der Waals surface area contributed by atoms with Gasteiger partial charge in [0, 0.05) is 35.0 Å². The molecule has 0 radical (unpaired) electrons. The lowest BCUT2D eigenvalue weighted by Gasteiger charge is -2.52. The molecule has 2 fully saturated rings. The SMILES string of the molecule is CCCC[C@@H]1[C@H]2CCCC[C@@]2(O)CCN1C(=O)COc1ccc2c3c(c(=O)oc2c1C)CCC3. The molecule has 1 saturated heterocycles. The Morgan fingerprint density at radius 2 is 2.03 bits per heavy atom. The van der Waals surface area contributed by atoms with Gasteiger partial charge in [0.1, 0.15) is 11.3 Å². The van der Waals surface area contributed by atoms with E-state index in [-0.39, 0.29) is 30.1 Å². The van der Waals surface area contributed by atoms with Crippen molar-refractivity contribution in [2.24, 2.45) is 5.92 Å². The topological polar surface area (TPSA) is 80.0 Å². The van der Waals surface area contributed by atoms with Crippen LogP contribution in [0.3, 0.4) is 0 Å². The quantitative estimate of drug-likeness (QED) is 0.624. The van der Waals surface area contributed by atoms with E-state index in [9.17, 15) is 14.7 Å². The lowest BCUT2D eigenvalue weighted by Crippen LogP contribution is -2.61. The highest BCUT2D eigenvalue weighted by molar-refractivity contribution is 5.86. The first kappa shape index (κ1) is 23.4. The van der Waals surface area contributed by atoms with Crippen LogP contribution in [0.25, 0.3) is 11.0 Å². The number of nitrogens with zero attached hydrogens (tertiary/aromatic N) is 1. The van der Waals surface area contributed by atoms with Gasteiger partial charge < -0.3 is 19.2 Å². The van der Waals surface area contributed by atoms with Crippen LogP contribution < -0.4 is 10.4 Å². The van der Waals surface area contributed by atoms with Crippen LogP contribution in [0, 0.1) is 12.8 Å². The average Bonchev–Trinajstić information content (AvgIpc) is 3.33. The lowest BCUT2D eigenvalue weighted by molar-refractivity contribution is -0.157. The molecule has 1 saturated carbocycles. The summed E-state index contributed by atoms with van der Waals surface area (Å²) < 4.78 is 11.7. The number of fused-ring (bicyclic) bond motifs is 4. The van der Waals surface area contributed by atoms with Gasteiger partial charge in [0.15, 0.2) is 6.61 Å². The molecule has 1 aromatic carbocycles. The first-order chi connectivity index (χ1) is 16.4. The Hall–Kier alpha value is -2.34. The van der Waals surface area contributed by atoms with E-state index >= 15 is 0 Å². The molecule has 3 aliphatic rings. The van der Waals surface area contributed by atoms with Crippen LogP contribution in [0.1, 0.15) is 81.4 Å². The number of benzene rings is 1. The summed E-state index contributed by atoms with van der Waals surface area (Å²) >= 11 is 0. The highest BCUT2D eigenvalue weighted by Crippen LogP contribution is 2.44. The summed E-state index contributed by atoms with van der Waals surface area (Å²) in [5.74, 6) is 0.714. The molecule has 5 rings (SSSR count). The van der Waals surface area contributed by atoms with Gasteiger partial charge in [-0.05, 0) is 69.6 Å². The van der Waals surface area contributed by atoms with Crippen LogP contribution >= 0.6 is 0 Å². The van der Waals surface area contributed by atoms with Gasteiger partial charge in [-0.25, -0.2) is 4.79 Å². The number of hydrogen-bond donors (Lipinski definition) is 1. The van der Waals surface area contributed by atoms with Crippen LogP contribution in [0.15, 0.2) is 21.3 Å². The van der Waals surface area contributed by atoms with Crippen molar-refractivity contribution in [1.29, 1.82) is 0 Å². The average molecular weight is 468 g/mol. The van der Waals surface area contributed by atoms with Gasteiger partial charge in [0.05, 0.1) is 5.60 Å². The molecule has 34 heavy (non-hydrogen) atoms. The van der Waals surface area contributed by atoms with E-state index < -0.39 is 5.60 Å². The Morgan fingerprint density at radius 1 is 1.21 bits per heavy atom. The molecule has 3 atom stereocenters. The fourth-order valence-corrected chi connectivity index (χ4v) is 6.73. The molecule has 2 aromatic rings. The first-order valence-electron chi connectivity index (χ1n) is 13.2. The molecule has 1 amide bonds. The van der Waals surface area contributed by atoms with Crippen molar-refractivity contribution in [2.45, 2.75) is 96.1 Å². The maximum atomic E-state index is 13.4. The van der Waals surface area contributed by atoms with E-state index in [1.54, 1.807) is 0 Å². The Balaban J connectivity index is 1.34. The van der Waals surface area contributed by atoms with E-state index in [0.717, 1.165) is 86.3 Å². The summed E-state index contributed by atoms with van der Waals surface area (Å²) in [5, 5.41) is 12.3. The van der Waals surface area contributed by atoms with E-state index in [2.05, 4.69) is 6.92 Å². The normalized spacial score (nSPS) is 26.4. The van der Waals surface area contributed by atoms with Gasteiger partial charge in [0.25, 0.3) is 5.91 Å². The predicted molar refractivity (Wildman–Crippen MR) is 131 cm³/mol. The van der Waals surface area contributed by atoms with Gasteiger partial charge in [0.2, 0.25) is 0 Å². The number of carbonyl (C=O) groups is 1. The number of rotatable bonds is 6. The zero-order valence-corrected chi connectivity index (χ0v) is 20.5. The van der Waals surface area contributed by atoms with E-state index in [1.807, 2.05) is 24.0 Å². The van der Waals surface area contributed by atoms with E-state index in [4.69, 9.17) is 9.15 Å². The highest BCUT2D eigenvalue weighted by Gasteiger charge is 2.49. The van der Waals surface area contributed by atoms with Gasteiger partial charge in [-0.3, -0.25) is 4.79 Å². The van der Waals surface area contributed by atoms with Gasteiger partial charge in [-0.1, -0.05) is 32.6 Å². The van der Waals surface area contributed by atoms with E-state index in [1.165, 1.54) is 0 Å². The molecular formula is C28H37NO5. The van der Waals surface area contributed by atoms with Crippen molar-refractivity contribution in [2.75, 3.05) is 13.2 Å². The Kier molecular flexibility index (Phi) is 6.45. The van der Waals surface area contributed by atoms with Crippen molar-refractivity contribution in [1.82, 2.24) is 4.90 Å². The molecule has 1 N–H and O–H groups in total. The Labute approximate surface area is 201 Å². The van der Waals surface area contributed by atoms with Gasteiger partial charge in [-0.15, -0.1) is 0 Å². The molecule has 0 unspecified atom stereocenters. The molecule has 0 spiro atoms. The van der Waals surface area contributed by atoms with Gasteiger partial charge >= 0.3 is 5.63 Å². The molecular weight excluding hydrogens is 430 g/mol. The summed E-state index contributed by atoms with van der Waals surface area (Å²) in [5.41, 5.74) is 2.37. The number of amides is 1. The summed E-state index contributed by atoms with van der Waals surface area (Å²) in [6.45, 7) is 4.59. The summed E-state index contributed by atoms with van der Waals surface area (Å²) in [6.07, 6.45) is 10.4. The van der Waals surface area contributed by atoms with Crippen LogP contribution in [0.4, 0.5) is 0 Å². The van der Waals surface area contributed by atoms with Crippen molar-refractivity contribution < 1.29 is 19.1 Å². The van der Waals surface area contributed by atoms with Crippen molar-refractivity contribution in [3.63, 3.8) is 0 Å². The monoisotopic (exact) mass is 467 g/mol. The molecule has 6 nitrogen and oxygen atoms in total. The molecule has 1 aliphatic heterocycles. The summed E-state index contributed by atoms with van der Waals surface area (Å²) in [6, 6.07) is 3.93. The second-order valence-electron chi connectivity index (χ2n) is 10.6. The fraction of sp³-hybridized carbons (Fsp3) is 0.643. The minimum absolute atomic E-state index is 0.0244. The largest absolute Gasteiger partial charge is 0.483 e. The molecule has 2 aliphatic carbocycles. The number of likely N-dealkylation sites (tertiary alicyclic amines) is 1. The van der Waals surface area contributed by atoms with Crippen molar-refractivity contribution in [3.8, 4) is 5.75 Å². The standard InChI is InChI=1S/C28H37NO5/c1-3-4-11-23-22-10-5-6-14-28(22,32)15-16-29(23)25(30)17-33-24-13-12-20-19-8-7-9-21(19)27(31)34-26(20)18(24)2/h12-13,22-23,32H,3-11,14-17H2,1-2H3/t22-,23-,28-/m1/s1. The van der Waals surface area contributed by atoms with Crippen LogP contribution in [0.5, 0.6) is 5.75 Å². The number of aryl methyl sites for hydroxylation is 2. The minimum Gasteiger partial charge on any atom is -0.483 e. The van der Waals surface area contributed by atoms with Crippen LogP contribution in [-0.2, 0) is 17.6 Å². The number of ether oxygens (including phenoxy) is 1. The molecule has 0 bridgehead atoms. The second kappa shape index (κ2) is 9.37. The van der Waals surface area contributed by atoms with Crippen molar-refractivity contribution >= 4 is 16.9 Å². The smallest absolute Gasteiger partial charge is 0.339 e. The Bertz CT molecular complexity index is 1140. The zero-order valence-electron chi connectivity index (χ0n) is 20.5. The number of unbranched alkanes of at least 4 members (excludes halogenated alkanes) is 1. The van der Waals surface area contributed by atoms with Crippen LogP contribution in [0.2, 0.25) is 0 Å². The third kappa shape index (κ3) is 4.04. The zero-order chi connectivity index (χ0) is 23.9. The lowest BCUT2D eigenvalue weighted by atomic mass is 9.66. The number of carbonyl (C=O) groups excluding carboxylic acids is 1. The third-order valence-corrected chi connectivity index (χ3v) is 8.58. The molecule has 1 aromatic heterocycles.